The number of hydrogen-bond acceptors (Lipinski definition) is 24. The number of fused-ring (bicyclic) bond motifs is 4. The predicted octanol–water partition coefficient (Wildman–Crippen LogP) is 7.04. The van der Waals surface area contributed by atoms with Crippen LogP contribution in [0.2, 0.25) is 105 Å². The Kier molecular flexibility index (Phi) is 18.9. The van der Waals surface area contributed by atoms with Gasteiger partial charge in [0, 0.05) is 0 Å². The van der Waals surface area contributed by atoms with Gasteiger partial charge in [-0.1, -0.05) is 45.6 Å². The minimum absolute atomic E-state index is 1.55. The highest BCUT2D eigenvalue weighted by Crippen LogP contribution is 2.51. The molecule has 0 N–H and O–H groups in total. The van der Waals surface area contributed by atoms with E-state index in [-0.39, 0.29) is 0 Å². The van der Waals surface area contributed by atoms with Crippen LogP contribution in [0.1, 0.15) is 0 Å². The van der Waals surface area contributed by atoms with E-state index in [0.717, 1.165) is 0 Å². The molecule has 0 amide bonds. The van der Waals surface area contributed by atoms with E-state index < -0.39 is 139 Å². The molecular weight excluding hydrogens is 1220 g/mol. The van der Waals surface area contributed by atoms with Gasteiger partial charge in [-0.3, -0.25) is 0 Å². The summed E-state index contributed by atoms with van der Waals surface area (Å²) in [4.78, 5) is 0. The van der Waals surface area contributed by atoms with Crippen molar-refractivity contribution in [1.29, 1.82) is 0 Å². The zero-order chi connectivity index (χ0) is 54.6. The normalized spacial score (nSPS) is 35.1. The van der Waals surface area contributed by atoms with E-state index in [9.17, 15) is 0 Å². The predicted molar refractivity (Wildman–Crippen MR) is 294 cm³/mol. The zero-order valence-corrected chi connectivity index (χ0v) is 60.1. The van der Waals surface area contributed by atoms with Crippen LogP contribution < -0.4 is 0 Å². The van der Waals surface area contributed by atoms with Gasteiger partial charge in [0.2, 0.25) is 66.5 Å². The maximum absolute atomic E-state index is 7.42. The highest BCUT2D eigenvalue weighted by Gasteiger charge is 2.90. The van der Waals surface area contributed by atoms with Gasteiger partial charge < -0.3 is 78.2 Å². The van der Waals surface area contributed by atoms with Crippen molar-refractivity contribution in [2.75, 3.05) is 0 Å². The standard InChI is InChI=1S/C32H72O24Si16/c1-25-57(9,10)38-65-36-34-33-35-37-66(39-58(11,12)26-2)48-69(42-61(17,18)29-5)50-67(46-65,40-59(13,14)27-3)52-71(44-63(21,22)31-7)53-68(47-65,41-60(15,16)28-4)51-70(49-66,43-62(19,20)30-6)55-72(54-69,56-71)45-64(23,24)32-8/h25-32H,1-8H2,9-24H3. The second-order valence-corrected chi connectivity index (χ2v) is 73.5. The summed E-state index contributed by atoms with van der Waals surface area (Å²) < 4.78 is 150. The maximum Gasteiger partial charge on any atom is 0.688 e. The molecule has 6 aliphatic rings. The van der Waals surface area contributed by atoms with E-state index in [1.165, 1.54) is 0 Å². The SMILES string of the molecule is C=C[Si](C)(C)O[Si]12OOOOO[Si]3(O[Si](C)(C)C=C)O[Si]4(O[Si](C)(C)C=C)O[Si](O[Si](C)(C)C=C)(O1)O[Si]1(O[Si](C)(C)C=C)O[Si](O[Si](C)(C)C=C)(O2)O[Si](O[Si](C)(C)C=C)(O3)O[Si](O[Si](C)(C)C=C)(O4)O1. The number of hydrogen-bond donors (Lipinski definition) is 0. The Balaban J connectivity index is 2.22. The third kappa shape index (κ3) is 15.4. The highest BCUT2D eigenvalue weighted by molar-refractivity contribution is 7.03. The first kappa shape index (κ1) is 63.3. The summed E-state index contributed by atoms with van der Waals surface area (Å²) >= 11 is 0. The van der Waals surface area contributed by atoms with Gasteiger partial charge in [-0.2, -0.15) is 9.15 Å². The number of rotatable bonds is 24. The van der Waals surface area contributed by atoms with Crippen LogP contribution in [0.25, 0.3) is 0 Å². The fourth-order valence-corrected chi connectivity index (χ4v) is 66.2. The monoisotopic (exact) mass is 1290 g/mol. The summed E-state index contributed by atoms with van der Waals surface area (Å²) in [5.41, 5.74) is 12.6. The van der Waals surface area contributed by atoms with Gasteiger partial charge >= 0.3 is 72.4 Å². The van der Waals surface area contributed by atoms with Gasteiger partial charge in [-0.25, -0.2) is 0 Å². The van der Waals surface area contributed by atoms with E-state index in [1.807, 2.05) is 0 Å². The van der Waals surface area contributed by atoms with E-state index >= 15 is 0 Å². The van der Waals surface area contributed by atoms with Crippen LogP contribution in [-0.2, 0) is 102 Å². The van der Waals surface area contributed by atoms with Crippen molar-refractivity contribution in [3.8, 4) is 0 Å². The first-order valence-electron chi connectivity index (χ1n) is 22.4. The molecule has 8 bridgehead atoms. The Bertz CT molecular complexity index is 1900. The lowest BCUT2D eigenvalue weighted by Crippen LogP contribution is -2.90. The molecule has 0 aromatic heterocycles. The fraction of sp³-hybridized carbons (Fsp3) is 0.500. The van der Waals surface area contributed by atoms with Crippen molar-refractivity contribution in [1.82, 2.24) is 0 Å². The maximum atomic E-state index is 7.42. The Morgan fingerprint density at radius 1 is 0.222 bits per heavy atom. The average Bonchev–Trinajstić information content (AvgIpc) is 3.19. The molecule has 0 saturated carbocycles. The molecule has 0 spiro atoms. The van der Waals surface area contributed by atoms with Crippen molar-refractivity contribution in [2.45, 2.75) is 105 Å². The molecule has 6 heterocycles. The van der Waals surface area contributed by atoms with Crippen molar-refractivity contribution in [2.24, 2.45) is 0 Å². The molecule has 6 fully saturated rings. The lowest BCUT2D eigenvalue weighted by atomic mass is 11.3. The minimum Gasteiger partial charge on any atom is -0.391 e. The molecular formula is C32H72O24Si16. The molecule has 0 aromatic rings. The summed E-state index contributed by atoms with van der Waals surface area (Å²) in [7, 11) is -72.0. The lowest BCUT2D eigenvalue weighted by molar-refractivity contribution is -0.687. The molecule has 0 radical (unpaired) electrons. The summed E-state index contributed by atoms with van der Waals surface area (Å²) in [5.74, 6) is 0. The van der Waals surface area contributed by atoms with E-state index in [0.29, 0.717) is 0 Å². The van der Waals surface area contributed by atoms with Crippen LogP contribution in [0.15, 0.2) is 98.2 Å². The van der Waals surface area contributed by atoms with Crippen molar-refractivity contribution in [3.63, 3.8) is 0 Å². The third-order valence-corrected chi connectivity index (χ3v) is 65.4. The summed E-state index contributed by atoms with van der Waals surface area (Å²) in [6, 6.07) is 0. The van der Waals surface area contributed by atoms with Gasteiger partial charge in [0.15, 0.2) is 0 Å². The van der Waals surface area contributed by atoms with Crippen LogP contribution >= 0.6 is 0 Å². The second-order valence-electron chi connectivity index (χ2n) is 20.8. The molecule has 6 saturated heterocycles. The minimum atomic E-state index is -5.66. The quantitative estimate of drug-likeness (QED) is 0.0698. The molecule has 408 valence electrons. The second kappa shape index (κ2) is 21.5. The molecule has 6 aliphatic heterocycles. The van der Waals surface area contributed by atoms with Gasteiger partial charge in [0.1, 0.15) is 0 Å². The first-order chi connectivity index (χ1) is 32.6. The van der Waals surface area contributed by atoms with Crippen LogP contribution in [0.4, 0.5) is 0 Å². The van der Waals surface area contributed by atoms with Crippen LogP contribution in [0, 0.1) is 0 Å². The third-order valence-electron chi connectivity index (χ3n) is 10.1. The lowest BCUT2D eigenvalue weighted by Gasteiger charge is -2.58. The summed E-state index contributed by atoms with van der Waals surface area (Å²) in [6.07, 6.45) is 0. The van der Waals surface area contributed by atoms with Gasteiger partial charge in [-0.05, 0) is 120 Å². The molecule has 72 heavy (non-hydrogen) atoms. The van der Waals surface area contributed by atoms with E-state index in [2.05, 4.69) is 52.6 Å². The van der Waals surface area contributed by atoms with Gasteiger partial charge in [-0.15, -0.1) is 52.6 Å². The topological polar surface area (TPSA) is 222 Å². The average molecular weight is 1290 g/mol. The fourth-order valence-electron chi connectivity index (χ4n) is 5.69. The van der Waals surface area contributed by atoms with Gasteiger partial charge in [0.05, 0.1) is 0 Å². The van der Waals surface area contributed by atoms with Crippen molar-refractivity contribution in [3.05, 3.63) is 98.2 Å². The van der Waals surface area contributed by atoms with Gasteiger partial charge in [0.25, 0.3) is 0 Å². The molecule has 0 aliphatic carbocycles. The van der Waals surface area contributed by atoms with E-state index in [1.54, 1.807) is 150 Å². The molecule has 40 heteroatoms. The largest absolute Gasteiger partial charge is 0.688 e. The smallest absolute Gasteiger partial charge is 0.391 e. The van der Waals surface area contributed by atoms with Crippen LogP contribution in [0.3, 0.4) is 0 Å². The Hall–Kier alpha value is 0.430. The molecule has 4 unspecified atom stereocenters. The van der Waals surface area contributed by atoms with Crippen LogP contribution in [0.5, 0.6) is 0 Å². The summed E-state index contributed by atoms with van der Waals surface area (Å²) in [5, 5.41) is 15.8. The van der Waals surface area contributed by atoms with Crippen molar-refractivity contribution >= 4 is 139 Å². The Morgan fingerprint density at radius 3 is 0.486 bits per heavy atom. The van der Waals surface area contributed by atoms with Crippen LogP contribution in [-0.4, -0.2) is 139 Å². The zero-order valence-electron chi connectivity index (χ0n) is 44.1. The molecule has 6 rings (SSSR count). The summed E-state index contributed by atoms with van der Waals surface area (Å²) in [6.45, 7) is 60.8. The molecule has 0 aromatic carbocycles. The Morgan fingerprint density at radius 2 is 0.347 bits per heavy atom. The Labute approximate surface area is 441 Å². The van der Waals surface area contributed by atoms with E-state index in [4.69, 9.17) is 102 Å². The first-order valence-corrected chi connectivity index (χ1v) is 59.4. The van der Waals surface area contributed by atoms with Crippen molar-refractivity contribution < 1.29 is 102 Å². The molecule has 24 nitrogen and oxygen atoms in total. The highest BCUT2D eigenvalue weighted by atomic mass is 28.7. The molecule has 4 atom stereocenters.